The number of benzene rings is 3. The van der Waals surface area contributed by atoms with E-state index in [1.807, 2.05) is 0 Å². The monoisotopic (exact) mass is 628 g/mol. The number of carboxylic acid groups (broad SMARTS) is 1. The molecule has 0 radical (unpaired) electrons. The summed E-state index contributed by atoms with van der Waals surface area (Å²) in [5, 5.41) is 13.7. The van der Waals surface area contributed by atoms with Crippen LogP contribution in [0, 0.1) is 5.82 Å². The molecule has 0 saturated carbocycles. The van der Waals surface area contributed by atoms with Crippen molar-refractivity contribution in [3.63, 3.8) is 0 Å². The molecule has 43 heavy (non-hydrogen) atoms. The van der Waals surface area contributed by atoms with Gasteiger partial charge in [-0.1, -0.05) is 23.7 Å². The fraction of sp³-hybridized carbons (Fsp3) is 0.167. The van der Waals surface area contributed by atoms with Crippen molar-refractivity contribution in [1.29, 1.82) is 0 Å². The van der Waals surface area contributed by atoms with Gasteiger partial charge in [-0.05, 0) is 66.2 Å². The van der Waals surface area contributed by atoms with Crippen LogP contribution >= 0.6 is 11.6 Å². The van der Waals surface area contributed by atoms with E-state index in [0.29, 0.717) is 44.3 Å². The SMILES string of the molecule is [2H]C([2H])S(=O)(=O)CCN(C(=O)O)C([2H])([2H])c1ccc(-c2ccc3ncnc(Nc4ccc(OCc5cccc(F)c5)c(Cl)c4)c3c2)o1. The van der Waals surface area contributed by atoms with E-state index >= 15 is 0 Å². The number of amides is 1. The number of anilines is 2. The summed E-state index contributed by atoms with van der Waals surface area (Å²) >= 11 is 6.45. The van der Waals surface area contributed by atoms with E-state index in [9.17, 15) is 22.7 Å². The van der Waals surface area contributed by atoms with Gasteiger partial charge < -0.3 is 19.6 Å². The number of halogens is 2. The van der Waals surface area contributed by atoms with Crippen molar-refractivity contribution < 1.29 is 37.3 Å². The molecule has 0 aliphatic heterocycles. The summed E-state index contributed by atoms with van der Waals surface area (Å²) in [6.45, 7) is -3.48. The van der Waals surface area contributed by atoms with E-state index in [2.05, 4.69) is 15.3 Å². The first-order chi connectivity index (χ1) is 22.2. The highest BCUT2D eigenvalue weighted by Gasteiger charge is 2.18. The highest BCUT2D eigenvalue weighted by molar-refractivity contribution is 7.90. The number of rotatable bonds is 11. The Morgan fingerprint density at radius 2 is 2.02 bits per heavy atom. The largest absolute Gasteiger partial charge is 0.487 e. The second-order valence-electron chi connectivity index (χ2n) is 9.22. The fourth-order valence-electron chi connectivity index (χ4n) is 4.03. The molecule has 10 nitrogen and oxygen atoms in total. The van der Waals surface area contributed by atoms with Gasteiger partial charge in [-0.2, -0.15) is 0 Å². The predicted molar refractivity (Wildman–Crippen MR) is 161 cm³/mol. The summed E-state index contributed by atoms with van der Waals surface area (Å²) in [7, 11) is -4.29. The molecule has 2 aromatic heterocycles. The zero-order valence-corrected chi connectivity index (χ0v) is 23.8. The first kappa shape index (κ1) is 24.9. The van der Waals surface area contributed by atoms with Gasteiger partial charge >= 0.3 is 6.09 Å². The quantitative estimate of drug-likeness (QED) is 0.167. The molecular formula is C30H26ClFN4O6S. The third-order valence-electron chi connectivity index (χ3n) is 6.08. The predicted octanol–water partition coefficient (Wildman–Crippen LogP) is 6.53. The molecule has 0 atom stereocenters. The number of hydrogen-bond donors (Lipinski definition) is 2. The van der Waals surface area contributed by atoms with Crippen LogP contribution in [-0.4, -0.2) is 53.0 Å². The van der Waals surface area contributed by atoms with Gasteiger partial charge in [0.25, 0.3) is 0 Å². The fourth-order valence-corrected chi connectivity index (χ4v) is 4.71. The van der Waals surface area contributed by atoms with E-state index < -0.39 is 46.7 Å². The Hall–Kier alpha value is -4.68. The number of aromatic nitrogens is 2. The molecule has 3 aromatic carbocycles. The molecule has 0 unspecified atom stereocenters. The van der Waals surface area contributed by atoms with Crippen molar-refractivity contribution >= 4 is 49.9 Å². The summed E-state index contributed by atoms with van der Waals surface area (Å²) in [5.74, 6) is -0.712. The maximum atomic E-state index is 13.5. The zero-order chi connectivity index (χ0) is 33.9. The van der Waals surface area contributed by atoms with Crippen molar-refractivity contribution in [3.05, 3.63) is 101 Å². The first-order valence-corrected chi connectivity index (χ1v) is 14.7. The number of ether oxygens (including phenoxy) is 1. The van der Waals surface area contributed by atoms with Crippen LogP contribution in [0.15, 0.2) is 83.5 Å². The molecule has 0 saturated heterocycles. The third kappa shape index (κ3) is 7.79. The van der Waals surface area contributed by atoms with Crippen molar-refractivity contribution in [2.75, 3.05) is 23.8 Å². The average Bonchev–Trinajstić information content (AvgIpc) is 3.52. The van der Waals surface area contributed by atoms with Gasteiger partial charge in [-0.25, -0.2) is 27.6 Å². The van der Waals surface area contributed by atoms with Gasteiger partial charge in [0.2, 0.25) is 0 Å². The minimum atomic E-state index is -4.29. The van der Waals surface area contributed by atoms with Crippen molar-refractivity contribution in [1.82, 2.24) is 14.9 Å². The van der Waals surface area contributed by atoms with Crippen LogP contribution in [-0.2, 0) is 22.9 Å². The Kier molecular flexibility index (Phi) is 7.33. The Balaban J connectivity index is 1.36. The van der Waals surface area contributed by atoms with Gasteiger partial charge in [-0.15, -0.1) is 0 Å². The van der Waals surface area contributed by atoms with Gasteiger partial charge in [-0.3, -0.25) is 4.90 Å². The normalized spacial score (nSPS) is 13.2. The lowest BCUT2D eigenvalue weighted by Gasteiger charge is -2.17. The lowest BCUT2D eigenvalue weighted by Crippen LogP contribution is -2.33. The first-order valence-electron chi connectivity index (χ1n) is 14.8. The Morgan fingerprint density at radius 1 is 1.16 bits per heavy atom. The molecule has 0 fully saturated rings. The molecule has 2 N–H and O–H groups in total. The molecule has 5 rings (SSSR count). The van der Waals surface area contributed by atoms with Gasteiger partial charge in [0.05, 0.1) is 25.5 Å². The molecular weight excluding hydrogens is 599 g/mol. The van der Waals surface area contributed by atoms with Crippen LogP contribution < -0.4 is 10.1 Å². The molecule has 2 heterocycles. The summed E-state index contributed by atoms with van der Waals surface area (Å²) in [5.41, 5.74) is 2.26. The smallest absolute Gasteiger partial charge is 0.407 e. The molecule has 0 aliphatic carbocycles. The van der Waals surface area contributed by atoms with Gasteiger partial charge in [0, 0.05) is 32.1 Å². The van der Waals surface area contributed by atoms with E-state index in [1.165, 1.54) is 30.6 Å². The number of sulfone groups is 1. The van der Waals surface area contributed by atoms with Gasteiger partial charge in [0.1, 0.15) is 51.7 Å². The number of nitrogens with one attached hydrogen (secondary N) is 1. The molecule has 0 spiro atoms. The minimum Gasteiger partial charge on any atom is -0.487 e. The third-order valence-corrected chi connectivity index (χ3v) is 7.13. The minimum absolute atomic E-state index is 0.119. The molecule has 0 aliphatic rings. The van der Waals surface area contributed by atoms with E-state index in [1.54, 1.807) is 48.5 Å². The molecule has 1 amide bonds. The number of furan rings is 1. The Morgan fingerprint density at radius 3 is 2.79 bits per heavy atom. The number of hydrogen-bond acceptors (Lipinski definition) is 8. The van der Waals surface area contributed by atoms with Crippen LogP contribution in [0.4, 0.5) is 20.7 Å². The maximum absolute atomic E-state index is 13.5. The highest BCUT2D eigenvalue weighted by atomic mass is 35.5. The van der Waals surface area contributed by atoms with E-state index in [-0.39, 0.29) is 23.1 Å². The highest BCUT2D eigenvalue weighted by Crippen LogP contribution is 2.33. The second-order valence-corrected chi connectivity index (χ2v) is 11.4. The van der Waals surface area contributed by atoms with Crippen LogP contribution in [0.1, 0.15) is 16.8 Å². The Bertz CT molecular complexity index is 2050. The summed E-state index contributed by atoms with van der Waals surface area (Å²) < 4.78 is 79.8. The van der Waals surface area contributed by atoms with Crippen LogP contribution in [0.5, 0.6) is 5.75 Å². The van der Waals surface area contributed by atoms with Crippen molar-refractivity contribution in [2.45, 2.75) is 13.1 Å². The molecule has 13 heteroatoms. The molecule has 0 bridgehead atoms. The van der Waals surface area contributed by atoms with Gasteiger partial charge in [0.15, 0.2) is 0 Å². The van der Waals surface area contributed by atoms with E-state index in [0.717, 1.165) is 0 Å². The molecule has 5 aromatic rings. The number of nitrogens with zero attached hydrogens (tertiary/aromatic N) is 3. The topological polar surface area (TPSA) is 135 Å². The van der Waals surface area contributed by atoms with Crippen LogP contribution in [0.25, 0.3) is 22.2 Å². The standard InChI is InChI=1S/C30H26ClFN4O6S/c1-43(39,40)12-11-36(30(37)38)16-23-7-10-27(42-23)20-5-8-26-24(14-20)29(34-18-33-26)35-22-6-9-28(25(31)15-22)41-17-19-3-2-4-21(32)13-19/h2-10,13-15,18H,11-12,16-17H2,1H3,(H,37,38)(H,33,34,35)/i1D2,16D2. The number of carbonyl (C=O) groups is 1. The summed E-state index contributed by atoms with van der Waals surface area (Å²) in [6, 6.07) is 18.8. The zero-order valence-electron chi connectivity index (χ0n) is 26.2. The maximum Gasteiger partial charge on any atom is 0.407 e. The number of fused-ring (bicyclic) bond motifs is 1. The average molecular weight is 629 g/mol. The second kappa shape index (κ2) is 12.7. The van der Waals surface area contributed by atoms with Crippen LogP contribution in [0.3, 0.4) is 0 Å². The summed E-state index contributed by atoms with van der Waals surface area (Å²) in [6.07, 6.45) is -2.62. The van der Waals surface area contributed by atoms with Crippen LogP contribution in [0.2, 0.25) is 5.02 Å². The summed E-state index contributed by atoms with van der Waals surface area (Å²) in [4.78, 5) is 20.7. The molecule has 222 valence electrons. The lowest BCUT2D eigenvalue weighted by molar-refractivity contribution is 0.142. The lowest BCUT2D eigenvalue weighted by atomic mass is 10.1. The Labute approximate surface area is 257 Å². The van der Waals surface area contributed by atoms with Crippen molar-refractivity contribution in [2.24, 2.45) is 0 Å². The van der Waals surface area contributed by atoms with E-state index in [4.69, 9.17) is 26.2 Å². The van der Waals surface area contributed by atoms with Crippen molar-refractivity contribution in [3.8, 4) is 17.1 Å².